The van der Waals surface area contributed by atoms with Gasteiger partial charge in [0.25, 0.3) is 0 Å². The van der Waals surface area contributed by atoms with Crippen molar-refractivity contribution in [3.05, 3.63) is 34.8 Å². The molecule has 130 valence electrons. The van der Waals surface area contributed by atoms with Gasteiger partial charge in [0.2, 0.25) is 0 Å². The molecule has 0 radical (unpaired) electrons. The summed E-state index contributed by atoms with van der Waals surface area (Å²) in [6.07, 6.45) is 8.12. The maximum Gasteiger partial charge on any atom is 0.339 e. The van der Waals surface area contributed by atoms with Crippen LogP contribution < -0.4 is 0 Å². The van der Waals surface area contributed by atoms with Crippen LogP contribution in [0.15, 0.2) is 34.8 Å². The monoisotopic (exact) mass is 331 g/mol. The first-order valence-corrected chi connectivity index (χ1v) is 8.62. The number of methoxy groups -OCH3 is 1. The van der Waals surface area contributed by atoms with Crippen molar-refractivity contribution in [3.63, 3.8) is 0 Å². The highest BCUT2D eigenvalue weighted by Crippen LogP contribution is 2.40. The summed E-state index contributed by atoms with van der Waals surface area (Å²) in [6.45, 7) is 5.55. The maximum absolute atomic E-state index is 12.5. The molecule has 5 heteroatoms. The molecule has 0 aromatic heterocycles. The Labute approximate surface area is 143 Å². The summed E-state index contributed by atoms with van der Waals surface area (Å²) in [5, 5.41) is 0. The third-order valence-corrected chi connectivity index (χ3v) is 5.16. The van der Waals surface area contributed by atoms with E-state index >= 15 is 0 Å². The number of ketones is 1. The number of Topliss-reactive ketones (excluding diaryl/α,β-unsaturated/α-hetero) is 1. The van der Waals surface area contributed by atoms with Gasteiger partial charge < -0.3 is 14.4 Å². The second-order valence-electron chi connectivity index (χ2n) is 6.92. The van der Waals surface area contributed by atoms with Gasteiger partial charge in [0, 0.05) is 43.5 Å². The molecule has 0 N–H and O–H groups in total. The number of cyclic esters (lactones) is 1. The maximum atomic E-state index is 12.5. The summed E-state index contributed by atoms with van der Waals surface area (Å²) in [5.41, 5.74) is 2.10. The summed E-state index contributed by atoms with van der Waals surface area (Å²) in [7, 11) is 1.62. The van der Waals surface area contributed by atoms with Gasteiger partial charge in [0.15, 0.2) is 5.78 Å². The Morgan fingerprint density at radius 2 is 2.21 bits per heavy atom. The topological polar surface area (TPSA) is 55.8 Å². The van der Waals surface area contributed by atoms with Gasteiger partial charge in [-0.2, -0.15) is 0 Å². The Morgan fingerprint density at radius 1 is 1.42 bits per heavy atom. The molecule has 0 bridgehead atoms. The molecule has 3 rings (SSSR count). The number of ether oxygens (including phenoxy) is 2. The molecule has 24 heavy (non-hydrogen) atoms. The van der Waals surface area contributed by atoms with Gasteiger partial charge in [0.05, 0.1) is 0 Å². The molecule has 0 spiro atoms. The van der Waals surface area contributed by atoms with Crippen molar-refractivity contribution in [3.8, 4) is 0 Å². The van der Waals surface area contributed by atoms with Crippen LogP contribution in [0.1, 0.15) is 46.0 Å². The number of nitrogens with zero attached hydrogens (tertiary/aromatic N) is 1. The van der Waals surface area contributed by atoms with Crippen molar-refractivity contribution in [2.75, 3.05) is 20.2 Å². The quantitative estimate of drug-likeness (QED) is 0.573. The van der Waals surface area contributed by atoms with Crippen LogP contribution in [0.5, 0.6) is 0 Å². The lowest BCUT2D eigenvalue weighted by Gasteiger charge is -2.31. The molecule has 3 aliphatic rings. The number of allylic oxidation sites excluding steroid dienone is 2. The van der Waals surface area contributed by atoms with Crippen molar-refractivity contribution < 1.29 is 19.1 Å². The molecule has 1 aliphatic carbocycles. The van der Waals surface area contributed by atoms with Crippen LogP contribution in [0.25, 0.3) is 0 Å². The smallest absolute Gasteiger partial charge is 0.339 e. The Kier molecular flexibility index (Phi) is 4.63. The predicted octanol–water partition coefficient (Wildman–Crippen LogP) is 2.88. The molecule has 0 amide bonds. The molecule has 2 aliphatic heterocycles. The average Bonchev–Trinajstić information content (AvgIpc) is 3.03. The minimum Gasteiger partial charge on any atom is -0.424 e. The minimum absolute atomic E-state index is 0.158. The fraction of sp³-hybridized carbons (Fsp3) is 0.579. The first kappa shape index (κ1) is 17.0. The van der Waals surface area contributed by atoms with Crippen LogP contribution in [0.2, 0.25) is 0 Å². The fourth-order valence-corrected chi connectivity index (χ4v) is 3.63. The van der Waals surface area contributed by atoms with E-state index < -0.39 is 5.60 Å². The molecule has 2 heterocycles. The molecular formula is C19H25NO4. The van der Waals surface area contributed by atoms with Crippen LogP contribution in [0, 0.1) is 0 Å². The van der Waals surface area contributed by atoms with E-state index in [1.165, 1.54) is 5.70 Å². The lowest BCUT2D eigenvalue weighted by atomic mass is 9.98. The minimum atomic E-state index is -0.685. The van der Waals surface area contributed by atoms with Gasteiger partial charge in [-0.1, -0.05) is 0 Å². The first-order valence-electron chi connectivity index (χ1n) is 8.62. The normalized spacial score (nSPS) is 28.5. The predicted molar refractivity (Wildman–Crippen MR) is 90.0 cm³/mol. The summed E-state index contributed by atoms with van der Waals surface area (Å²) in [6, 6.07) is 0. The van der Waals surface area contributed by atoms with Crippen LogP contribution in [0.3, 0.4) is 0 Å². The highest BCUT2D eigenvalue weighted by atomic mass is 16.5. The zero-order chi connectivity index (χ0) is 17.3. The number of carbonyl (C=O) groups is 2. The molecule has 5 nitrogen and oxygen atoms in total. The van der Waals surface area contributed by atoms with E-state index in [-0.39, 0.29) is 11.8 Å². The highest BCUT2D eigenvalue weighted by molar-refractivity contribution is 6.05. The number of unbranched alkanes of at least 4 members (excludes halogenated alkanes) is 1. The number of esters is 1. The summed E-state index contributed by atoms with van der Waals surface area (Å²) in [5.74, 6) is 0.555. The van der Waals surface area contributed by atoms with E-state index in [1.807, 2.05) is 13.0 Å². The second kappa shape index (κ2) is 6.55. The Balaban J connectivity index is 1.57. The van der Waals surface area contributed by atoms with Crippen LogP contribution in [-0.4, -0.2) is 42.5 Å². The number of hydrogen-bond acceptors (Lipinski definition) is 5. The van der Waals surface area contributed by atoms with Gasteiger partial charge in [0.1, 0.15) is 11.4 Å². The van der Waals surface area contributed by atoms with Gasteiger partial charge in [-0.3, -0.25) is 4.79 Å². The SMILES string of the molecule is COC1(C)CC2=C(CCCN2CCC/C=C2/C=C(C)C(=O)O2)C1=O. The van der Waals surface area contributed by atoms with Crippen molar-refractivity contribution in [2.24, 2.45) is 0 Å². The molecule has 0 saturated heterocycles. The fourth-order valence-electron chi connectivity index (χ4n) is 3.63. The summed E-state index contributed by atoms with van der Waals surface area (Å²) >= 11 is 0. The van der Waals surface area contributed by atoms with Crippen molar-refractivity contribution in [1.82, 2.24) is 4.90 Å². The van der Waals surface area contributed by atoms with Gasteiger partial charge in [-0.05, 0) is 51.7 Å². The average molecular weight is 331 g/mol. The molecule has 0 aromatic carbocycles. The Bertz CT molecular complexity index is 658. The Hall–Kier alpha value is -1.88. The van der Waals surface area contributed by atoms with E-state index in [0.717, 1.165) is 44.3 Å². The Morgan fingerprint density at radius 3 is 2.88 bits per heavy atom. The van der Waals surface area contributed by atoms with Crippen LogP contribution >= 0.6 is 0 Å². The van der Waals surface area contributed by atoms with E-state index in [2.05, 4.69) is 4.90 Å². The summed E-state index contributed by atoms with van der Waals surface area (Å²) in [4.78, 5) is 26.2. The van der Waals surface area contributed by atoms with E-state index in [9.17, 15) is 9.59 Å². The van der Waals surface area contributed by atoms with Crippen molar-refractivity contribution >= 4 is 11.8 Å². The molecule has 0 saturated carbocycles. The number of rotatable bonds is 5. The molecule has 1 atom stereocenters. The first-order chi connectivity index (χ1) is 11.4. The second-order valence-corrected chi connectivity index (χ2v) is 6.92. The van der Waals surface area contributed by atoms with E-state index in [1.54, 1.807) is 20.1 Å². The largest absolute Gasteiger partial charge is 0.424 e. The molecular weight excluding hydrogens is 306 g/mol. The third kappa shape index (κ3) is 3.05. The van der Waals surface area contributed by atoms with Gasteiger partial charge in [-0.25, -0.2) is 4.79 Å². The van der Waals surface area contributed by atoms with E-state index in [4.69, 9.17) is 9.47 Å². The molecule has 1 unspecified atom stereocenters. The number of hydrogen-bond donors (Lipinski definition) is 0. The van der Waals surface area contributed by atoms with Gasteiger partial charge in [-0.15, -0.1) is 0 Å². The standard InChI is InChI=1S/C19H25NO4/c1-13-11-14(24-18(13)22)7-4-5-9-20-10-6-8-15-16(20)12-19(2,23-3)17(15)21/h7,11H,4-6,8-10,12H2,1-3H3/b14-7-. The lowest BCUT2D eigenvalue weighted by Crippen LogP contribution is -2.34. The molecule has 0 fully saturated rings. The zero-order valence-electron chi connectivity index (χ0n) is 14.7. The zero-order valence-corrected chi connectivity index (χ0v) is 14.7. The van der Waals surface area contributed by atoms with Gasteiger partial charge >= 0.3 is 5.97 Å². The van der Waals surface area contributed by atoms with Crippen molar-refractivity contribution in [1.29, 1.82) is 0 Å². The number of carbonyl (C=O) groups excluding carboxylic acids is 2. The third-order valence-electron chi connectivity index (χ3n) is 5.16. The summed E-state index contributed by atoms with van der Waals surface area (Å²) < 4.78 is 10.6. The van der Waals surface area contributed by atoms with E-state index in [0.29, 0.717) is 17.8 Å². The highest BCUT2D eigenvalue weighted by Gasteiger charge is 2.45. The van der Waals surface area contributed by atoms with Crippen LogP contribution in [-0.2, 0) is 19.1 Å². The van der Waals surface area contributed by atoms with Crippen LogP contribution in [0.4, 0.5) is 0 Å². The lowest BCUT2D eigenvalue weighted by molar-refractivity contribution is -0.133. The molecule has 0 aromatic rings. The van der Waals surface area contributed by atoms with Crippen molar-refractivity contribution in [2.45, 2.75) is 51.6 Å².